The molecule has 0 aromatic carbocycles. The lowest BCUT2D eigenvalue weighted by molar-refractivity contribution is -0.140. The van der Waals surface area contributed by atoms with E-state index in [4.69, 9.17) is 0 Å². The molecule has 0 radical (unpaired) electrons. The van der Waals surface area contributed by atoms with Crippen molar-refractivity contribution in [3.8, 4) is 0 Å². The molecule has 1 amide bonds. The van der Waals surface area contributed by atoms with Crippen LogP contribution in [0.1, 0.15) is 39.5 Å². The van der Waals surface area contributed by atoms with E-state index < -0.39 is 0 Å². The molecular formula is C15H29N3O3. The number of hydrogen-bond acceptors (Lipinski definition) is 5. The van der Waals surface area contributed by atoms with Crippen molar-refractivity contribution < 1.29 is 14.3 Å². The van der Waals surface area contributed by atoms with Gasteiger partial charge in [0.2, 0.25) is 5.91 Å². The molecule has 1 aliphatic rings. The Hall–Kier alpha value is -1.14. The standard InChI is InChI=1S/C15H29N3O3/c1-4-12-10-18(13(5-2)9-17-12)11-14(19)16-8-6-7-15(20)21-3/h12-13,17H,4-11H2,1-3H3,(H,16,19). The highest BCUT2D eigenvalue weighted by atomic mass is 16.5. The predicted octanol–water partition coefficient (Wildman–Crippen LogP) is 0.518. The number of nitrogens with zero attached hydrogens (tertiary/aromatic N) is 1. The van der Waals surface area contributed by atoms with E-state index >= 15 is 0 Å². The van der Waals surface area contributed by atoms with Gasteiger partial charge in [-0.05, 0) is 19.3 Å². The fraction of sp³-hybridized carbons (Fsp3) is 0.867. The van der Waals surface area contributed by atoms with Crippen molar-refractivity contribution in [1.82, 2.24) is 15.5 Å². The first kappa shape index (κ1) is 17.9. The van der Waals surface area contributed by atoms with Crippen LogP contribution in [0.3, 0.4) is 0 Å². The first-order chi connectivity index (χ1) is 10.1. The molecule has 2 atom stereocenters. The predicted molar refractivity (Wildman–Crippen MR) is 82.0 cm³/mol. The molecular weight excluding hydrogens is 270 g/mol. The Balaban J connectivity index is 2.29. The van der Waals surface area contributed by atoms with Crippen molar-refractivity contribution >= 4 is 11.9 Å². The second-order valence-electron chi connectivity index (χ2n) is 5.53. The van der Waals surface area contributed by atoms with Gasteiger partial charge >= 0.3 is 5.97 Å². The maximum absolute atomic E-state index is 12.0. The molecule has 0 saturated carbocycles. The van der Waals surface area contributed by atoms with Gasteiger partial charge in [0.1, 0.15) is 0 Å². The number of carbonyl (C=O) groups excluding carboxylic acids is 2. The van der Waals surface area contributed by atoms with Crippen LogP contribution < -0.4 is 10.6 Å². The van der Waals surface area contributed by atoms with Gasteiger partial charge in [0, 0.05) is 38.1 Å². The van der Waals surface area contributed by atoms with Crippen LogP contribution in [-0.2, 0) is 14.3 Å². The highest BCUT2D eigenvalue weighted by Crippen LogP contribution is 2.11. The minimum atomic E-state index is -0.233. The maximum atomic E-state index is 12.0. The highest BCUT2D eigenvalue weighted by Gasteiger charge is 2.26. The van der Waals surface area contributed by atoms with Gasteiger partial charge in [-0.2, -0.15) is 0 Å². The third kappa shape index (κ3) is 6.44. The Kier molecular flexibility index (Phi) is 8.30. The van der Waals surface area contributed by atoms with E-state index in [9.17, 15) is 9.59 Å². The first-order valence-electron chi connectivity index (χ1n) is 7.91. The van der Waals surface area contributed by atoms with Gasteiger partial charge in [0.15, 0.2) is 0 Å². The van der Waals surface area contributed by atoms with Crippen molar-refractivity contribution in [3.05, 3.63) is 0 Å². The molecule has 1 heterocycles. The average Bonchev–Trinajstić information content (AvgIpc) is 2.51. The molecule has 21 heavy (non-hydrogen) atoms. The monoisotopic (exact) mass is 299 g/mol. The number of esters is 1. The Bertz CT molecular complexity index is 336. The second kappa shape index (κ2) is 9.73. The summed E-state index contributed by atoms with van der Waals surface area (Å²) < 4.78 is 4.56. The fourth-order valence-electron chi connectivity index (χ4n) is 2.60. The van der Waals surface area contributed by atoms with Gasteiger partial charge in [-0.1, -0.05) is 13.8 Å². The van der Waals surface area contributed by atoms with Gasteiger partial charge < -0.3 is 15.4 Å². The van der Waals surface area contributed by atoms with Crippen LogP contribution >= 0.6 is 0 Å². The molecule has 0 aromatic heterocycles. The molecule has 122 valence electrons. The molecule has 1 saturated heterocycles. The highest BCUT2D eigenvalue weighted by molar-refractivity contribution is 5.78. The molecule has 0 spiro atoms. The summed E-state index contributed by atoms with van der Waals surface area (Å²) in [4.78, 5) is 25.2. The summed E-state index contributed by atoms with van der Waals surface area (Å²) in [5, 5.41) is 6.40. The SMILES string of the molecule is CCC1CN(CC(=O)NCCCC(=O)OC)C(CC)CN1. The Morgan fingerprint density at radius 3 is 2.71 bits per heavy atom. The molecule has 1 fully saturated rings. The molecule has 0 aromatic rings. The fourth-order valence-corrected chi connectivity index (χ4v) is 2.60. The number of carbonyl (C=O) groups is 2. The van der Waals surface area contributed by atoms with Crippen molar-refractivity contribution in [2.45, 2.75) is 51.6 Å². The number of piperazine rings is 1. The van der Waals surface area contributed by atoms with Crippen LogP contribution in [0, 0.1) is 0 Å². The Morgan fingerprint density at radius 1 is 1.33 bits per heavy atom. The van der Waals surface area contributed by atoms with Gasteiger partial charge in [0.25, 0.3) is 0 Å². The summed E-state index contributed by atoms with van der Waals surface area (Å²) in [5.74, 6) is -0.196. The van der Waals surface area contributed by atoms with Crippen LogP contribution in [-0.4, -0.2) is 62.1 Å². The minimum absolute atomic E-state index is 0.0371. The number of amides is 1. The molecule has 1 rings (SSSR count). The van der Waals surface area contributed by atoms with E-state index in [1.165, 1.54) is 7.11 Å². The van der Waals surface area contributed by atoms with E-state index in [2.05, 4.69) is 34.1 Å². The van der Waals surface area contributed by atoms with Gasteiger partial charge in [-0.25, -0.2) is 0 Å². The zero-order chi connectivity index (χ0) is 15.7. The third-order valence-electron chi connectivity index (χ3n) is 4.03. The summed E-state index contributed by atoms with van der Waals surface area (Å²) in [7, 11) is 1.38. The average molecular weight is 299 g/mol. The molecule has 6 heteroatoms. The quantitative estimate of drug-likeness (QED) is 0.505. The zero-order valence-corrected chi connectivity index (χ0v) is 13.5. The van der Waals surface area contributed by atoms with Crippen molar-refractivity contribution in [2.75, 3.05) is 33.3 Å². The number of methoxy groups -OCH3 is 1. The van der Waals surface area contributed by atoms with Crippen LogP contribution in [0.15, 0.2) is 0 Å². The lowest BCUT2D eigenvalue weighted by Crippen LogP contribution is -2.58. The molecule has 6 nitrogen and oxygen atoms in total. The summed E-state index contributed by atoms with van der Waals surface area (Å²) in [6.07, 6.45) is 3.08. The largest absolute Gasteiger partial charge is 0.469 e. The van der Waals surface area contributed by atoms with Crippen LogP contribution in [0.25, 0.3) is 0 Å². The second-order valence-corrected chi connectivity index (χ2v) is 5.53. The van der Waals surface area contributed by atoms with Gasteiger partial charge in [-0.15, -0.1) is 0 Å². The topological polar surface area (TPSA) is 70.7 Å². The van der Waals surface area contributed by atoms with E-state index in [1.807, 2.05) is 0 Å². The van der Waals surface area contributed by atoms with Crippen molar-refractivity contribution in [2.24, 2.45) is 0 Å². The molecule has 0 aliphatic carbocycles. The normalized spacial score (nSPS) is 22.8. The summed E-state index contributed by atoms with van der Waals surface area (Å²) in [6, 6.07) is 0.897. The number of ether oxygens (including phenoxy) is 1. The number of rotatable bonds is 8. The Labute approximate surface area is 127 Å². The van der Waals surface area contributed by atoms with E-state index in [1.54, 1.807) is 0 Å². The maximum Gasteiger partial charge on any atom is 0.305 e. The molecule has 2 unspecified atom stereocenters. The van der Waals surface area contributed by atoms with Gasteiger partial charge in [-0.3, -0.25) is 14.5 Å². The molecule has 0 bridgehead atoms. The number of nitrogens with one attached hydrogen (secondary N) is 2. The van der Waals surface area contributed by atoms with Gasteiger partial charge in [0.05, 0.1) is 13.7 Å². The van der Waals surface area contributed by atoms with Crippen LogP contribution in [0.5, 0.6) is 0 Å². The third-order valence-corrected chi connectivity index (χ3v) is 4.03. The lowest BCUT2D eigenvalue weighted by Gasteiger charge is -2.39. The van der Waals surface area contributed by atoms with Crippen LogP contribution in [0.4, 0.5) is 0 Å². The van der Waals surface area contributed by atoms with E-state index in [0.29, 0.717) is 38.0 Å². The molecule has 1 aliphatic heterocycles. The summed E-state index contributed by atoms with van der Waals surface area (Å²) >= 11 is 0. The summed E-state index contributed by atoms with van der Waals surface area (Å²) in [6.45, 7) is 7.15. The summed E-state index contributed by atoms with van der Waals surface area (Å²) in [5.41, 5.74) is 0. The smallest absolute Gasteiger partial charge is 0.305 e. The number of hydrogen-bond donors (Lipinski definition) is 2. The van der Waals surface area contributed by atoms with Crippen LogP contribution in [0.2, 0.25) is 0 Å². The van der Waals surface area contributed by atoms with Crippen molar-refractivity contribution in [1.29, 1.82) is 0 Å². The Morgan fingerprint density at radius 2 is 2.10 bits per heavy atom. The van der Waals surface area contributed by atoms with Crippen molar-refractivity contribution in [3.63, 3.8) is 0 Å². The lowest BCUT2D eigenvalue weighted by atomic mass is 10.1. The molecule has 2 N–H and O–H groups in total. The first-order valence-corrected chi connectivity index (χ1v) is 7.91. The van der Waals surface area contributed by atoms with E-state index in [0.717, 1.165) is 25.9 Å². The minimum Gasteiger partial charge on any atom is -0.469 e. The van der Waals surface area contributed by atoms with E-state index in [-0.39, 0.29) is 11.9 Å². The zero-order valence-electron chi connectivity index (χ0n) is 13.5.